The van der Waals surface area contributed by atoms with Gasteiger partial charge in [-0.3, -0.25) is 4.98 Å². The highest BCUT2D eigenvalue weighted by molar-refractivity contribution is 6.03. The lowest BCUT2D eigenvalue weighted by Crippen LogP contribution is -1.95. The predicted molar refractivity (Wildman–Crippen MR) is 98.2 cm³/mol. The lowest BCUT2D eigenvalue weighted by molar-refractivity contribution is 0.509. The van der Waals surface area contributed by atoms with Crippen LogP contribution in [0.1, 0.15) is 5.56 Å². The van der Waals surface area contributed by atoms with Gasteiger partial charge in [0.25, 0.3) is 0 Å². The third kappa shape index (κ3) is 2.97. The highest BCUT2D eigenvalue weighted by Crippen LogP contribution is 2.39. The first-order valence-electron chi connectivity index (χ1n) is 8.09. The first kappa shape index (κ1) is 17.0. The highest BCUT2D eigenvalue weighted by atomic mass is 19.2. The molecule has 0 aliphatic carbocycles. The summed E-state index contributed by atoms with van der Waals surface area (Å²) in [5.41, 5.74) is 9.05. The van der Waals surface area contributed by atoms with Gasteiger partial charge in [0.1, 0.15) is 17.2 Å². The average molecular weight is 369 g/mol. The van der Waals surface area contributed by atoms with Crippen molar-refractivity contribution in [3.8, 4) is 11.3 Å². The van der Waals surface area contributed by atoms with Gasteiger partial charge >= 0.3 is 0 Å². The molecular weight excluding hydrogens is 355 g/mol. The molecule has 4 aromatic rings. The minimum Gasteiger partial charge on any atom is -0.436 e. The van der Waals surface area contributed by atoms with Crippen molar-refractivity contribution in [2.45, 2.75) is 6.92 Å². The Morgan fingerprint density at radius 3 is 2.56 bits per heavy atom. The quantitative estimate of drug-likeness (QED) is 0.497. The van der Waals surface area contributed by atoms with Gasteiger partial charge in [0.15, 0.2) is 17.2 Å². The zero-order valence-electron chi connectivity index (χ0n) is 14.2. The summed E-state index contributed by atoms with van der Waals surface area (Å²) in [6.07, 6.45) is 1.58. The largest absolute Gasteiger partial charge is 0.436 e. The van der Waals surface area contributed by atoms with Crippen molar-refractivity contribution in [1.29, 1.82) is 0 Å². The van der Waals surface area contributed by atoms with Crippen LogP contribution in [0.25, 0.3) is 22.2 Å². The third-order valence-corrected chi connectivity index (χ3v) is 4.26. The number of nitrogens with one attached hydrogen (secondary N) is 1. The number of furan rings is 1. The Morgan fingerprint density at radius 2 is 1.81 bits per heavy atom. The molecule has 0 atom stereocenters. The molecule has 4 rings (SSSR count). The number of nitrogen functional groups attached to an aromatic ring is 1. The third-order valence-electron chi connectivity index (χ3n) is 4.26. The van der Waals surface area contributed by atoms with Gasteiger partial charge in [0, 0.05) is 23.5 Å². The van der Waals surface area contributed by atoms with E-state index in [-0.39, 0.29) is 11.7 Å². The van der Waals surface area contributed by atoms with E-state index in [2.05, 4.69) is 10.3 Å². The van der Waals surface area contributed by atoms with Crippen molar-refractivity contribution in [1.82, 2.24) is 4.98 Å². The second-order valence-electron chi connectivity index (χ2n) is 6.09. The van der Waals surface area contributed by atoms with E-state index in [0.29, 0.717) is 39.2 Å². The van der Waals surface area contributed by atoms with Gasteiger partial charge in [-0.2, -0.15) is 0 Å². The number of nitrogens with zero attached hydrogens (tertiary/aromatic N) is 1. The molecule has 0 saturated carbocycles. The van der Waals surface area contributed by atoms with E-state index in [0.717, 1.165) is 12.1 Å². The van der Waals surface area contributed by atoms with Gasteiger partial charge in [0.2, 0.25) is 5.88 Å². The molecule has 4 nitrogen and oxygen atoms in total. The van der Waals surface area contributed by atoms with Crippen molar-refractivity contribution in [3.63, 3.8) is 0 Å². The summed E-state index contributed by atoms with van der Waals surface area (Å²) in [6, 6.07) is 9.50. The molecule has 0 aliphatic heterocycles. The molecule has 0 unspecified atom stereocenters. The number of rotatable bonds is 3. The van der Waals surface area contributed by atoms with Crippen LogP contribution in [0.2, 0.25) is 0 Å². The van der Waals surface area contributed by atoms with Gasteiger partial charge in [-0.1, -0.05) is 0 Å². The number of hydrogen-bond donors (Lipinski definition) is 2. The van der Waals surface area contributed by atoms with Gasteiger partial charge < -0.3 is 15.5 Å². The number of aromatic nitrogens is 1. The molecular formula is C20H14F3N3O. The summed E-state index contributed by atoms with van der Waals surface area (Å²) in [7, 11) is 0. The Bertz CT molecular complexity index is 1170. The fourth-order valence-corrected chi connectivity index (χ4v) is 2.97. The van der Waals surface area contributed by atoms with Crippen LogP contribution in [0, 0.1) is 24.4 Å². The zero-order valence-corrected chi connectivity index (χ0v) is 14.2. The Morgan fingerprint density at radius 1 is 1.00 bits per heavy atom. The van der Waals surface area contributed by atoms with Gasteiger partial charge in [-0.15, -0.1) is 0 Å². The van der Waals surface area contributed by atoms with Crippen LogP contribution in [0.15, 0.2) is 53.1 Å². The Kier molecular flexibility index (Phi) is 3.99. The minimum absolute atomic E-state index is 0.0729. The number of fused-ring (bicyclic) bond motifs is 1. The maximum absolute atomic E-state index is 13.5. The van der Waals surface area contributed by atoms with Crippen molar-refractivity contribution in [2.75, 3.05) is 11.1 Å². The van der Waals surface area contributed by atoms with E-state index >= 15 is 0 Å². The second-order valence-corrected chi connectivity index (χ2v) is 6.09. The minimum atomic E-state index is -0.976. The van der Waals surface area contributed by atoms with Crippen LogP contribution >= 0.6 is 0 Å². The van der Waals surface area contributed by atoms with E-state index in [9.17, 15) is 13.2 Å². The van der Waals surface area contributed by atoms with E-state index in [4.69, 9.17) is 10.2 Å². The van der Waals surface area contributed by atoms with Gasteiger partial charge in [-0.25, -0.2) is 13.2 Å². The number of hydrogen-bond acceptors (Lipinski definition) is 4. The fraction of sp³-hybridized carbons (Fsp3) is 0.0500. The van der Waals surface area contributed by atoms with E-state index in [1.54, 1.807) is 25.3 Å². The van der Waals surface area contributed by atoms with Crippen LogP contribution in [0.3, 0.4) is 0 Å². The molecule has 0 saturated heterocycles. The highest BCUT2D eigenvalue weighted by Gasteiger charge is 2.18. The maximum Gasteiger partial charge on any atom is 0.215 e. The smallest absolute Gasteiger partial charge is 0.215 e. The van der Waals surface area contributed by atoms with Gasteiger partial charge in [-0.05, 0) is 48.9 Å². The number of pyridine rings is 1. The lowest BCUT2D eigenvalue weighted by atomic mass is 10.0. The van der Waals surface area contributed by atoms with Crippen molar-refractivity contribution >= 4 is 28.2 Å². The first-order chi connectivity index (χ1) is 12.9. The topological polar surface area (TPSA) is 64.1 Å². The summed E-state index contributed by atoms with van der Waals surface area (Å²) >= 11 is 0. The van der Waals surface area contributed by atoms with Crippen LogP contribution in [-0.4, -0.2) is 4.98 Å². The molecule has 0 amide bonds. The molecule has 0 aliphatic rings. The van der Waals surface area contributed by atoms with Crippen LogP contribution < -0.4 is 11.1 Å². The van der Waals surface area contributed by atoms with Crippen molar-refractivity contribution < 1.29 is 17.6 Å². The molecule has 27 heavy (non-hydrogen) atoms. The SMILES string of the molecule is Cc1cc(F)ccc1-c1nccc2c(Nc3ccc(F)c(F)c3)c(N)oc12. The number of anilines is 3. The molecule has 136 valence electrons. The molecule has 2 aromatic heterocycles. The number of aryl methyl sites for hydroxylation is 1. The number of halogens is 3. The van der Waals surface area contributed by atoms with E-state index in [1.165, 1.54) is 18.2 Å². The molecule has 0 bridgehead atoms. The number of nitrogens with two attached hydrogens (primary N) is 1. The molecule has 0 radical (unpaired) electrons. The van der Waals surface area contributed by atoms with E-state index < -0.39 is 11.6 Å². The summed E-state index contributed by atoms with van der Waals surface area (Å²) in [4.78, 5) is 4.35. The van der Waals surface area contributed by atoms with Crippen LogP contribution in [0.5, 0.6) is 0 Å². The Hall–Kier alpha value is -3.48. The Balaban J connectivity index is 1.84. The molecule has 3 N–H and O–H groups in total. The summed E-state index contributed by atoms with van der Waals surface area (Å²) in [5.74, 6) is -2.19. The summed E-state index contributed by atoms with van der Waals surface area (Å²) in [6.45, 7) is 1.77. The molecule has 7 heteroatoms. The first-order valence-corrected chi connectivity index (χ1v) is 8.09. The Labute approximate surface area is 152 Å². The predicted octanol–water partition coefficient (Wildman–Crippen LogP) is 5.55. The maximum atomic E-state index is 13.5. The average Bonchev–Trinajstić information content (AvgIpc) is 2.94. The molecule has 0 fully saturated rings. The van der Waals surface area contributed by atoms with E-state index in [1.807, 2.05) is 0 Å². The van der Waals surface area contributed by atoms with Crippen molar-refractivity contribution in [2.24, 2.45) is 0 Å². The zero-order chi connectivity index (χ0) is 19.1. The van der Waals surface area contributed by atoms with Crippen molar-refractivity contribution in [3.05, 3.63) is 71.7 Å². The summed E-state index contributed by atoms with van der Waals surface area (Å²) in [5, 5.41) is 3.57. The van der Waals surface area contributed by atoms with Gasteiger partial charge in [0.05, 0.1) is 5.39 Å². The molecule has 2 heterocycles. The number of benzene rings is 2. The molecule has 0 spiro atoms. The normalized spacial score (nSPS) is 11.1. The fourth-order valence-electron chi connectivity index (χ4n) is 2.97. The summed E-state index contributed by atoms with van der Waals surface area (Å²) < 4.78 is 45.7. The monoisotopic (exact) mass is 369 g/mol. The standard InChI is InChI=1S/C20H14F3N3O/c1-10-8-11(21)2-4-13(10)17-19-14(6-7-25-17)18(20(24)27-19)26-12-3-5-15(22)16(23)9-12/h2-9,26H,24H2,1H3. The van der Waals surface area contributed by atoms with Crippen LogP contribution in [-0.2, 0) is 0 Å². The lowest BCUT2D eigenvalue weighted by Gasteiger charge is -2.07. The van der Waals surface area contributed by atoms with Crippen LogP contribution in [0.4, 0.5) is 30.4 Å². The second kappa shape index (κ2) is 6.35. The molecule has 2 aromatic carbocycles.